The number of aliphatic hydroxyl groups is 1. The normalized spacial score (nSPS) is 14.8. The summed E-state index contributed by atoms with van der Waals surface area (Å²) in [7, 11) is -1.17. The van der Waals surface area contributed by atoms with E-state index >= 15 is 0 Å². The molecule has 2 N–H and O–H groups in total. The maximum Gasteiger partial charge on any atom is 0.123 e. The highest BCUT2D eigenvalue weighted by molar-refractivity contribution is 7.85. The molecule has 0 bridgehead atoms. The maximum absolute atomic E-state index is 13.2. The Balaban J connectivity index is 1.53. The molecule has 1 aliphatic heterocycles. The van der Waals surface area contributed by atoms with E-state index in [0.29, 0.717) is 6.54 Å². The van der Waals surface area contributed by atoms with Crippen molar-refractivity contribution in [2.45, 2.75) is 30.2 Å². The van der Waals surface area contributed by atoms with Gasteiger partial charge in [-0.2, -0.15) is 0 Å². The van der Waals surface area contributed by atoms with E-state index in [0.717, 1.165) is 45.6 Å². The number of fused-ring (bicyclic) bond motifs is 2. The number of aryl methyl sites for hydroxylation is 1. The molecule has 31 heavy (non-hydrogen) atoms. The number of hydrogen-bond donors (Lipinski definition) is 2. The summed E-state index contributed by atoms with van der Waals surface area (Å²) in [5.74, 6) is 0.791. The minimum Gasteiger partial charge on any atom is -0.491 e. The van der Waals surface area contributed by atoms with E-state index in [1.54, 1.807) is 0 Å². The van der Waals surface area contributed by atoms with E-state index in [9.17, 15) is 4.21 Å². The molecule has 6 heteroatoms. The second-order valence-electron chi connectivity index (χ2n) is 7.60. The Morgan fingerprint density at radius 3 is 2.61 bits per heavy atom. The number of hydrogen-bond acceptors (Lipinski definition) is 5. The molecule has 1 heterocycles. The molecule has 0 saturated carbocycles. The first-order valence-corrected chi connectivity index (χ1v) is 11.7. The monoisotopic (exact) mass is 436 g/mol. The number of aliphatic hydroxyl groups excluding tert-OH is 1. The summed E-state index contributed by atoms with van der Waals surface area (Å²) in [5.41, 5.74) is 5.50. The van der Waals surface area contributed by atoms with Crippen LogP contribution in [0.5, 0.6) is 5.75 Å². The van der Waals surface area contributed by atoms with Crippen LogP contribution >= 0.6 is 0 Å². The lowest BCUT2D eigenvalue weighted by Crippen LogP contribution is -2.32. The fraction of sp³-hybridized carbons (Fsp3) is 0.280. The van der Waals surface area contributed by atoms with Gasteiger partial charge in [0, 0.05) is 25.2 Å². The van der Waals surface area contributed by atoms with Crippen LogP contribution in [0.25, 0.3) is 0 Å². The molecule has 0 amide bonds. The van der Waals surface area contributed by atoms with Crippen LogP contribution in [-0.4, -0.2) is 35.6 Å². The zero-order valence-corrected chi connectivity index (χ0v) is 18.7. The Morgan fingerprint density at radius 2 is 1.77 bits per heavy atom. The van der Waals surface area contributed by atoms with Crippen molar-refractivity contribution in [2.24, 2.45) is 0 Å². The number of anilines is 2. The van der Waals surface area contributed by atoms with Gasteiger partial charge >= 0.3 is 0 Å². The molecule has 3 aromatic rings. The van der Waals surface area contributed by atoms with Crippen molar-refractivity contribution in [3.63, 3.8) is 0 Å². The summed E-state index contributed by atoms with van der Waals surface area (Å²) >= 11 is 0. The van der Waals surface area contributed by atoms with Crippen LogP contribution in [0, 0.1) is 13.8 Å². The Morgan fingerprint density at radius 1 is 1.00 bits per heavy atom. The van der Waals surface area contributed by atoms with Crippen LogP contribution < -0.4 is 15.0 Å². The number of benzene rings is 3. The van der Waals surface area contributed by atoms with Crippen molar-refractivity contribution in [2.75, 3.05) is 31.2 Å². The van der Waals surface area contributed by atoms with Gasteiger partial charge in [-0.05, 0) is 49.2 Å². The summed E-state index contributed by atoms with van der Waals surface area (Å²) in [6.07, 6.45) is 0. The SMILES string of the molecule is Cc1ccc2c(c1C)N(CCNCc1ccccc1OCCO)c1ccccc1S2=O. The smallest absolute Gasteiger partial charge is 0.123 e. The van der Waals surface area contributed by atoms with E-state index in [1.807, 2.05) is 48.5 Å². The summed E-state index contributed by atoms with van der Waals surface area (Å²) in [6.45, 7) is 6.66. The molecule has 3 aromatic carbocycles. The van der Waals surface area contributed by atoms with Crippen molar-refractivity contribution < 1.29 is 14.1 Å². The largest absolute Gasteiger partial charge is 0.491 e. The van der Waals surface area contributed by atoms with E-state index in [-0.39, 0.29) is 13.2 Å². The molecule has 4 rings (SSSR count). The summed E-state index contributed by atoms with van der Waals surface area (Å²) in [6, 6.07) is 19.9. The van der Waals surface area contributed by atoms with Gasteiger partial charge in [-0.25, -0.2) is 4.21 Å². The molecule has 1 aliphatic rings. The first kappa shape index (κ1) is 21.6. The van der Waals surface area contributed by atoms with Crippen LogP contribution in [0.2, 0.25) is 0 Å². The second kappa shape index (κ2) is 9.64. The van der Waals surface area contributed by atoms with Gasteiger partial charge in [-0.1, -0.05) is 36.4 Å². The summed E-state index contributed by atoms with van der Waals surface area (Å²) in [4.78, 5) is 4.03. The van der Waals surface area contributed by atoms with Crippen molar-refractivity contribution in [3.05, 3.63) is 77.4 Å². The lowest BCUT2D eigenvalue weighted by molar-refractivity contribution is 0.200. The van der Waals surface area contributed by atoms with Crippen LogP contribution in [0.1, 0.15) is 16.7 Å². The third-order valence-electron chi connectivity index (χ3n) is 5.64. The summed E-state index contributed by atoms with van der Waals surface area (Å²) < 4.78 is 18.8. The molecule has 0 aliphatic carbocycles. The topological polar surface area (TPSA) is 61.8 Å². The van der Waals surface area contributed by atoms with Crippen LogP contribution in [0.4, 0.5) is 11.4 Å². The molecule has 0 fully saturated rings. The van der Waals surface area contributed by atoms with Crippen molar-refractivity contribution in [3.8, 4) is 5.75 Å². The average Bonchev–Trinajstić information content (AvgIpc) is 2.80. The number of nitrogens with one attached hydrogen (secondary N) is 1. The molecule has 1 atom stereocenters. The first-order valence-electron chi connectivity index (χ1n) is 10.5. The van der Waals surface area contributed by atoms with Gasteiger partial charge in [0.15, 0.2) is 0 Å². The number of ether oxygens (including phenoxy) is 1. The molecule has 0 spiro atoms. The average molecular weight is 437 g/mol. The van der Waals surface area contributed by atoms with E-state index in [4.69, 9.17) is 9.84 Å². The Hall–Kier alpha value is -2.67. The lowest BCUT2D eigenvalue weighted by atomic mass is 10.1. The van der Waals surface area contributed by atoms with E-state index in [1.165, 1.54) is 11.1 Å². The van der Waals surface area contributed by atoms with Gasteiger partial charge in [0.1, 0.15) is 12.4 Å². The quantitative estimate of drug-likeness (QED) is 0.521. The zero-order valence-electron chi connectivity index (χ0n) is 17.9. The Kier molecular flexibility index (Phi) is 6.70. The van der Waals surface area contributed by atoms with Crippen LogP contribution in [0.3, 0.4) is 0 Å². The van der Waals surface area contributed by atoms with Crippen molar-refractivity contribution in [1.82, 2.24) is 5.32 Å². The maximum atomic E-state index is 13.2. The number of nitrogens with zero attached hydrogens (tertiary/aromatic N) is 1. The predicted octanol–water partition coefficient (Wildman–Crippen LogP) is 4.08. The predicted molar refractivity (Wildman–Crippen MR) is 125 cm³/mol. The fourth-order valence-electron chi connectivity index (χ4n) is 3.93. The first-order chi connectivity index (χ1) is 15.1. The van der Waals surface area contributed by atoms with E-state index in [2.05, 4.69) is 36.2 Å². The van der Waals surface area contributed by atoms with Gasteiger partial charge in [0.25, 0.3) is 0 Å². The Labute approximate surface area is 186 Å². The molecule has 162 valence electrons. The van der Waals surface area contributed by atoms with E-state index < -0.39 is 10.8 Å². The molecule has 0 radical (unpaired) electrons. The highest BCUT2D eigenvalue weighted by Gasteiger charge is 2.29. The second-order valence-corrected chi connectivity index (χ2v) is 9.02. The minimum absolute atomic E-state index is 0.00429. The molecular weight excluding hydrogens is 408 g/mol. The number of rotatable bonds is 8. The molecule has 0 aromatic heterocycles. The minimum atomic E-state index is -1.17. The molecular formula is C25H28N2O3S. The van der Waals surface area contributed by atoms with Crippen LogP contribution in [0.15, 0.2) is 70.5 Å². The Bertz CT molecular complexity index is 1100. The van der Waals surface area contributed by atoms with Gasteiger partial charge in [0.2, 0.25) is 0 Å². The zero-order chi connectivity index (χ0) is 21.8. The van der Waals surface area contributed by atoms with Gasteiger partial charge < -0.3 is 20.1 Å². The van der Waals surface area contributed by atoms with Gasteiger partial charge in [-0.3, -0.25) is 0 Å². The van der Waals surface area contributed by atoms with Gasteiger partial charge in [0.05, 0.1) is 38.6 Å². The van der Waals surface area contributed by atoms with Gasteiger partial charge in [-0.15, -0.1) is 0 Å². The number of para-hydroxylation sites is 2. The molecule has 1 unspecified atom stereocenters. The highest BCUT2D eigenvalue weighted by Crippen LogP contribution is 2.44. The standard InChI is InChI=1S/C25H28N2O3S/c1-18-11-12-24-25(19(18)2)27(21-8-4-6-10-23(21)31(24)29)14-13-26-17-20-7-3-5-9-22(20)30-16-15-28/h3-12,26,28H,13-17H2,1-2H3. The third kappa shape index (κ3) is 4.37. The third-order valence-corrected chi connectivity index (χ3v) is 7.11. The highest BCUT2D eigenvalue weighted by atomic mass is 32.2. The summed E-state index contributed by atoms with van der Waals surface area (Å²) in [5, 5.41) is 12.5. The lowest BCUT2D eigenvalue weighted by Gasteiger charge is -2.34. The van der Waals surface area contributed by atoms with Crippen molar-refractivity contribution >= 4 is 22.2 Å². The van der Waals surface area contributed by atoms with Crippen molar-refractivity contribution in [1.29, 1.82) is 0 Å². The van der Waals surface area contributed by atoms with Crippen LogP contribution in [-0.2, 0) is 17.3 Å². The molecule has 0 saturated heterocycles. The molecule has 5 nitrogen and oxygen atoms in total. The fourth-order valence-corrected chi connectivity index (χ4v) is 5.37.